The van der Waals surface area contributed by atoms with Crippen molar-refractivity contribution in [1.82, 2.24) is 15.1 Å². The lowest BCUT2D eigenvalue weighted by Gasteiger charge is -2.16. The van der Waals surface area contributed by atoms with E-state index in [0.29, 0.717) is 31.2 Å². The fraction of sp³-hybridized carbons (Fsp3) is 0.444. The van der Waals surface area contributed by atoms with Gasteiger partial charge >= 0.3 is 0 Å². The molecule has 7 nitrogen and oxygen atoms in total. The van der Waals surface area contributed by atoms with Crippen molar-refractivity contribution >= 4 is 40.0 Å². The van der Waals surface area contributed by atoms with Gasteiger partial charge in [-0.2, -0.15) is 0 Å². The largest absolute Gasteiger partial charge is 0.384 e. The Morgan fingerprint density at radius 1 is 1.39 bits per heavy atom. The second-order valence-corrected chi connectivity index (χ2v) is 8.64. The van der Waals surface area contributed by atoms with Gasteiger partial charge in [-0.15, -0.1) is 10.2 Å². The van der Waals surface area contributed by atoms with Gasteiger partial charge < -0.3 is 15.0 Å². The zero-order valence-corrected chi connectivity index (χ0v) is 17.0. The number of methoxy groups -OCH3 is 1. The number of aromatic nitrogens is 2. The van der Waals surface area contributed by atoms with Crippen LogP contribution in [0.4, 0.5) is 9.52 Å². The molecule has 1 aromatic carbocycles. The molecular weight excluding hydrogens is 403 g/mol. The van der Waals surface area contributed by atoms with Gasteiger partial charge in [0, 0.05) is 32.4 Å². The van der Waals surface area contributed by atoms with Crippen molar-refractivity contribution in [2.24, 2.45) is 5.92 Å². The molecule has 2 aromatic rings. The molecule has 3 rings (SSSR count). The molecule has 28 heavy (non-hydrogen) atoms. The lowest BCUT2D eigenvalue weighted by Crippen LogP contribution is -2.30. The summed E-state index contributed by atoms with van der Waals surface area (Å²) in [7, 11) is 1.64. The van der Waals surface area contributed by atoms with Crippen LogP contribution in [0, 0.1) is 11.7 Å². The van der Waals surface area contributed by atoms with E-state index in [9.17, 15) is 14.0 Å². The van der Waals surface area contributed by atoms with Crippen molar-refractivity contribution < 1.29 is 18.7 Å². The number of amides is 2. The fourth-order valence-electron chi connectivity index (χ4n) is 2.82. The van der Waals surface area contributed by atoms with Gasteiger partial charge in [-0.05, 0) is 24.1 Å². The predicted molar refractivity (Wildman–Crippen MR) is 106 cm³/mol. The van der Waals surface area contributed by atoms with Crippen molar-refractivity contribution in [3.8, 4) is 0 Å². The second kappa shape index (κ2) is 9.94. The van der Waals surface area contributed by atoms with E-state index < -0.39 is 5.92 Å². The highest BCUT2D eigenvalue weighted by Crippen LogP contribution is 2.26. The molecule has 150 valence electrons. The summed E-state index contributed by atoms with van der Waals surface area (Å²) in [6.45, 7) is 1.50. The van der Waals surface area contributed by atoms with E-state index in [2.05, 4.69) is 15.5 Å². The number of carbonyl (C=O) groups is 2. The van der Waals surface area contributed by atoms with Crippen LogP contribution >= 0.6 is 23.1 Å². The molecule has 1 saturated heterocycles. The molecule has 1 fully saturated rings. The quantitative estimate of drug-likeness (QED) is 0.378. The number of carbonyl (C=O) groups excluding carboxylic acids is 2. The van der Waals surface area contributed by atoms with E-state index in [1.807, 2.05) is 0 Å². The first-order valence-corrected chi connectivity index (χ1v) is 10.6. The number of anilines is 1. The van der Waals surface area contributed by atoms with Gasteiger partial charge in [0.2, 0.25) is 16.9 Å². The summed E-state index contributed by atoms with van der Waals surface area (Å²) in [4.78, 5) is 26.4. The molecule has 0 spiro atoms. The zero-order chi connectivity index (χ0) is 19.9. The van der Waals surface area contributed by atoms with E-state index in [4.69, 9.17) is 4.74 Å². The Kier molecular flexibility index (Phi) is 7.35. The first-order valence-electron chi connectivity index (χ1n) is 8.83. The molecule has 2 amide bonds. The monoisotopic (exact) mass is 424 g/mol. The number of nitrogens with zero attached hydrogens (tertiary/aromatic N) is 3. The lowest BCUT2D eigenvalue weighted by molar-refractivity contribution is -0.128. The number of halogens is 1. The molecule has 1 aliphatic heterocycles. The van der Waals surface area contributed by atoms with Gasteiger partial charge in [0.25, 0.3) is 0 Å². The minimum absolute atomic E-state index is 0.0460. The lowest BCUT2D eigenvalue weighted by atomic mass is 10.1. The highest BCUT2D eigenvalue weighted by Gasteiger charge is 2.34. The topological polar surface area (TPSA) is 84.4 Å². The summed E-state index contributed by atoms with van der Waals surface area (Å²) in [5.41, 5.74) is 0.953. The van der Waals surface area contributed by atoms with Crippen LogP contribution in [0.5, 0.6) is 0 Å². The van der Waals surface area contributed by atoms with E-state index in [1.54, 1.807) is 24.1 Å². The van der Waals surface area contributed by atoms with Crippen LogP contribution in [-0.4, -0.2) is 59.5 Å². The Morgan fingerprint density at radius 2 is 2.18 bits per heavy atom. The van der Waals surface area contributed by atoms with E-state index in [1.165, 1.54) is 35.2 Å². The molecule has 1 N–H and O–H groups in total. The maximum absolute atomic E-state index is 13.0. The SMILES string of the molecule is COCCSc1nnc(NC(=O)C2CC(=O)N(CCc3ccc(F)cc3)C2)s1. The van der Waals surface area contributed by atoms with Gasteiger partial charge in [0.15, 0.2) is 4.34 Å². The van der Waals surface area contributed by atoms with Gasteiger partial charge in [-0.3, -0.25) is 9.59 Å². The average Bonchev–Trinajstić information content (AvgIpc) is 3.28. The van der Waals surface area contributed by atoms with Gasteiger partial charge in [-0.25, -0.2) is 4.39 Å². The van der Waals surface area contributed by atoms with Crippen molar-refractivity contribution in [2.45, 2.75) is 17.2 Å². The van der Waals surface area contributed by atoms with Gasteiger partial charge in [0.1, 0.15) is 5.82 Å². The van der Waals surface area contributed by atoms with Crippen LogP contribution in [0.15, 0.2) is 28.6 Å². The van der Waals surface area contributed by atoms with Crippen molar-refractivity contribution in [3.63, 3.8) is 0 Å². The number of ether oxygens (including phenoxy) is 1. The molecule has 1 aliphatic rings. The van der Waals surface area contributed by atoms with Crippen LogP contribution in [0.25, 0.3) is 0 Å². The van der Waals surface area contributed by atoms with Crippen molar-refractivity contribution in [1.29, 1.82) is 0 Å². The second-order valence-electron chi connectivity index (χ2n) is 6.32. The Bertz CT molecular complexity index is 815. The minimum Gasteiger partial charge on any atom is -0.384 e. The number of hydrogen-bond donors (Lipinski definition) is 1. The molecule has 0 radical (unpaired) electrons. The molecule has 0 aliphatic carbocycles. The molecule has 2 heterocycles. The maximum atomic E-state index is 13.0. The van der Waals surface area contributed by atoms with Crippen molar-refractivity contribution in [3.05, 3.63) is 35.6 Å². The van der Waals surface area contributed by atoms with Crippen LogP contribution in [0.3, 0.4) is 0 Å². The highest BCUT2D eigenvalue weighted by atomic mass is 32.2. The highest BCUT2D eigenvalue weighted by molar-refractivity contribution is 8.01. The van der Waals surface area contributed by atoms with E-state index >= 15 is 0 Å². The first kappa shape index (κ1) is 20.7. The minimum atomic E-state index is -0.408. The number of likely N-dealkylation sites (tertiary alicyclic amines) is 1. The molecule has 10 heteroatoms. The van der Waals surface area contributed by atoms with Crippen LogP contribution < -0.4 is 5.32 Å². The van der Waals surface area contributed by atoms with Gasteiger partial charge in [0.05, 0.1) is 12.5 Å². The summed E-state index contributed by atoms with van der Waals surface area (Å²) in [6, 6.07) is 6.22. The molecule has 1 atom stereocenters. The summed E-state index contributed by atoms with van der Waals surface area (Å²) in [5, 5.41) is 11.2. The Hall–Kier alpha value is -2.04. The third-order valence-corrected chi connectivity index (χ3v) is 6.25. The van der Waals surface area contributed by atoms with E-state index in [-0.39, 0.29) is 24.1 Å². The average molecular weight is 425 g/mol. The Balaban J connectivity index is 1.47. The number of hydrogen-bond acceptors (Lipinski definition) is 7. The predicted octanol–water partition coefficient (Wildman–Crippen LogP) is 2.45. The smallest absolute Gasteiger partial charge is 0.231 e. The Morgan fingerprint density at radius 3 is 2.93 bits per heavy atom. The van der Waals surface area contributed by atoms with Crippen molar-refractivity contribution in [2.75, 3.05) is 37.9 Å². The standard InChI is InChI=1S/C18H21FN4O3S2/c1-26-8-9-27-18-22-21-17(28-18)20-16(25)13-10-15(24)23(11-13)7-6-12-2-4-14(19)5-3-12/h2-5,13H,6-11H2,1H3,(H,20,21,25). The van der Waals surface area contributed by atoms with Crippen LogP contribution in [-0.2, 0) is 20.7 Å². The first-order chi connectivity index (χ1) is 13.5. The fourth-order valence-corrected chi connectivity index (χ4v) is 4.54. The zero-order valence-electron chi connectivity index (χ0n) is 15.4. The Labute approximate surface area is 170 Å². The summed E-state index contributed by atoms with van der Waals surface area (Å²) < 4.78 is 18.7. The number of thioether (sulfide) groups is 1. The maximum Gasteiger partial charge on any atom is 0.231 e. The summed E-state index contributed by atoms with van der Waals surface area (Å²) >= 11 is 2.82. The molecular formula is C18H21FN4O3S2. The van der Waals surface area contributed by atoms with Crippen LogP contribution in [0.2, 0.25) is 0 Å². The normalized spacial score (nSPS) is 16.6. The summed E-state index contributed by atoms with van der Waals surface area (Å²) in [6.07, 6.45) is 0.808. The molecule has 0 bridgehead atoms. The molecule has 0 saturated carbocycles. The molecule has 1 aromatic heterocycles. The number of rotatable bonds is 9. The van der Waals surface area contributed by atoms with E-state index in [0.717, 1.165) is 15.7 Å². The number of benzene rings is 1. The number of nitrogens with one attached hydrogen (secondary N) is 1. The van der Waals surface area contributed by atoms with Gasteiger partial charge in [-0.1, -0.05) is 35.2 Å². The summed E-state index contributed by atoms with van der Waals surface area (Å²) in [5.74, 6) is -0.194. The third-order valence-electron chi connectivity index (χ3n) is 4.32. The molecule has 1 unspecified atom stereocenters. The third kappa shape index (κ3) is 5.73. The van der Waals surface area contributed by atoms with Crippen LogP contribution in [0.1, 0.15) is 12.0 Å².